The van der Waals surface area contributed by atoms with Crippen LogP contribution >= 0.6 is 0 Å². The van der Waals surface area contributed by atoms with Crippen molar-refractivity contribution in [2.45, 2.75) is 13.2 Å². The van der Waals surface area contributed by atoms with E-state index in [1.807, 2.05) is 0 Å². The van der Waals surface area contributed by atoms with E-state index in [0.29, 0.717) is 17.3 Å². The highest BCUT2D eigenvalue weighted by atomic mass is 19.3. The van der Waals surface area contributed by atoms with Gasteiger partial charge < -0.3 is 18.6 Å². The van der Waals surface area contributed by atoms with Crippen molar-refractivity contribution in [2.75, 3.05) is 7.11 Å². The summed E-state index contributed by atoms with van der Waals surface area (Å²) in [4.78, 5) is 22.5. The molecule has 0 fully saturated rings. The standard InChI is InChI=1S/C22H17F2NO7/c1-29-21-12-14(2-11-20(21)32-22(23)24)19(26)10-9-17-7-8-18(31-17)13-30-16-5-3-15(4-6-16)25(27)28/h2-12,22H,13H2,1H3/b10-9+. The Hall–Kier alpha value is -4.21. The molecule has 0 amide bonds. The van der Waals surface area contributed by atoms with Crippen molar-refractivity contribution >= 4 is 17.5 Å². The molecule has 0 unspecified atom stereocenters. The lowest BCUT2D eigenvalue weighted by molar-refractivity contribution is -0.384. The lowest BCUT2D eigenvalue weighted by Crippen LogP contribution is -2.04. The average Bonchev–Trinajstić information content (AvgIpc) is 3.24. The van der Waals surface area contributed by atoms with E-state index >= 15 is 0 Å². The molecule has 0 atom stereocenters. The highest BCUT2D eigenvalue weighted by Crippen LogP contribution is 2.29. The van der Waals surface area contributed by atoms with Gasteiger partial charge in [0.2, 0.25) is 0 Å². The average molecular weight is 445 g/mol. The SMILES string of the molecule is COc1cc(C(=O)/C=C/c2ccc(COc3ccc([N+](=O)[O-])cc3)o2)ccc1OC(F)F. The van der Waals surface area contributed by atoms with Gasteiger partial charge in [-0.05, 0) is 54.6 Å². The highest BCUT2D eigenvalue weighted by molar-refractivity contribution is 6.07. The summed E-state index contributed by atoms with van der Waals surface area (Å²) in [7, 11) is 1.28. The third-order valence-corrected chi connectivity index (χ3v) is 4.17. The first-order valence-electron chi connectivity index (χ1n) is 9.17. The number of hydrogen-bond acceptors (Lipinski definition) is 7. The molecule has 8 nitrogen and oxygen atoms in total. The molecule has 1 heterocycles. The molecule has 0 spiro atoms. The number of carbonyl (C=O) groups excluding carboxylic acids is 1. The normalized spacial score (nSPS) is 11.0. The minimum absolute atomic E-state index is 0.00762. The number of alkyl halides is 2. The molecular formula is C22H17F2NO7. The van der Waals surface area contributed by atoms with Gasteiger partial charge in [0.1, 0.15) is 23.9 Å². The number of hydrogen-bond donors (Lipinski definition) is 0. The summed E-state index contributed by atoms with van der Waals surface area (Å²) in [6.07, 6.45) is 2.72. The predicted octanol–water partition coefficient (Wildman–Crippen LogP) is 5.27. The fourth-order valence-corrected chi connectivity index (χ4v) is 2.65. The summed E-state index contributed by atoms with van der Waals surface area (Å²) < 4.78 is 45.2. The zero-order chi connectivity index (χ0) is 23.1. The number of methoxy groups -OCH3 is 1. The van der Waals surface area contributed by atoms with Crippen LogP contribution in [0.5, 0.6) is 17.2 Å². The van der Waals surface area contributed by atoms with Gasteiger partial charge in [-0.15, -0.1) is 0 Å². The number of ketones is 1. The van der Waals surface area contributed by atoms with E-state index in [4.69, 9.17) is 13.9 Å². The van der Waals surface area contributed by atoms with Gasteiger partial charge in [0.05, 0.1) is 12.0 Å². The molecule has 0 aliphatic heterocycles. The number of furan rings is 1. The van der Waals surface area contributed by atoms with E-state index in [-0.39, 0.29) is 29.4 Å². The van der Waals surface area contributed by atoms with Crippen molar-refractivity contribution in [1.29, 1.82) is 0 Å². The van der Waals surface area contributed by atoms with Gasteiger partial charge in [0, 0.05) is 17.7 Å². The minimum atomic E-state index is -3.01. The second-order valence-corrected chi connectivity index (χ2v) is 6.29. The van der Waals surface area contributed by atoms with Crippen molar-refractivity contribution in [3.63, 3.8) is 0 Å². The van der Waals surface area contributed by atoms with Crippen LogP contribution < -0.4 is 14.2 Å². The molecule has 0 bridgehead atoms. The maximum atomic E-state index is 12.4. The van der Waals surface area contributed by atoms with Gasteiger partial charge in [-0.3, -0.25) is 14.9 Å². The monoisotopic (exact) mass is 445 g/mol. The van der Waals surface area contributed by atoms with Gasteiger partial charge in [0.15, 0.2) is 17.3 Å². The van der Waals surface area contributed by atoms with Gasteiger partial charge >= 0.3 is 6.61 Å². The zero-order valence-corrected chi connectivity index (χ0v) is 16.7. The molecule has 3 rings (SSSR count). The van der Waals surface area contributed by atoms with Crippen LogP contribution in [0.25, 0.3) is 6.08 Å². The molecule has 10 heteroatoms. The Bertz CT molecular complexity index is 1120. The van der Waals surface area contributed by atoms with Crippen LogP contribution in [0, 0.1) is 10.1 Å². The molecular weight excluding hydrogens is 428 g/mol. The van der Waals surface area contributed by atoms with Crippen LogP contribution in [-0.4, -0.2) is 24.4 Å². The summed E-state index contributed by atoms with van der Waals surface area (Å²) in [6.45, 7) is -2.93. The van der Waals surface area contributed by atoms with Crippen molar-refractivity contribution in [3.8, 4) is 17.2 Å². The van der Waals surface area contributed by atoms with E-state index in [9.17, 15) is 23.7 Å². The summed E-state index contributed by atoms with van der Waals surface area (Å²) >= 11 is 0. The molecule has 0 saturated heterocycles. The Morgan fingerprint density at radius 2 is 1.88 bits per heavy atom. The lowest BCUT2D eigenvalue weighted by atomic mass is 10.1. The number of rotatable bonds is 10. The fourth-order valence-electron chi connectivity index (χ4n) is 2.65. The molecule has 0 aliphatic carbocycles. The van der Waals surface area contributed by atoms with Gasteiger partial charge in [0.25, 0.3) is 5.69 Å². The number of nitro benzene ring substituents is 1. The van der Waals surface area contributed by atoms with Crippen LogP contribution in [0.2, 0.25) is 0 Å². The Morgan fingerprint density at radius 1 is 1.12 bits per heavy atom. The number of allylic oxidation sites excluding steroid dienone is 1. The van der Waals surface area contributed by atoms with Crippen molar-refractivity contribution in [1.82, 2.24) is 0 Å². The van der Waals surface area contributed by atoms with Crippen molar-refractivity contribution < 1.29 is 37.1 Å². The summed E-state index contributed by atoms with van der Waals surface area (Å²) in [5.74, 6) is 0.746. The van der Waals surface area contributed by atoms with Gasteiger partial charge in [-0.1, -0.05) is 0 Å². The Labute approximate surface area is 180 Å². The summed E-state index contributed by atoms with van der Waals surface area (Å²) in [5, 5.41) is 10.7. The van der Waals surface area contributed by atoms with Crippen LogP contribution in [0.4, 0.5) is 14.5 Å². The fraction of sp³-hybridized carbons (Fsp3) is 0.136. The second-order valence-electron chi connectivity index (χ2n) is 6.29. The summed E-state index contributed by atoms with van der Waals surface area (Å²) in [5.41, 5.74) is 0.175. The number of nitrogens with zero attached hydrogens (tertiary/aromatic N) is 1. The van der Waals surface area contributed by atoms with Crippen LogP contribution in [0.15, 0.2) is 65.1 Å². The quantitative estimate of drug-likeness (QED) is 0.181. The van der Waals surface area contributed by atoms with E-state index in [1.165, 1.54) is 61.7 Å². The molecule has 1 aromatic heterocycles. The number of non-ortho nitro benzene ring substituents is 1. The van der Waals surface area contributed by atoms with E-state index in [0.717, 1.165) is 0 Å². The molecule has 0 aliphatic rings. The van der Waals surface area contributed by atoms with Crippen LogP contribution in [0.3, 0.4) is 0 Å². The number of nitro groups is 1. The predicted molar refractivity (Wildman–Crippen MR) is 109 cm³/mol. The number of halogens is 2. The van der Waals surface area contributed by atoms with E-state index in [2.05, 4.69) is 4.74 Å². The zero-order valence-electron chi connectivity index (χ0n) is 16.7. The lowest BCUT2D eigenvalue weighted by Gasteiger charge is -2.10. The topological polar surface area (TPSA) is 101 Å². The molecule has 166 valence electrons. The third kappa shape index (κ3) is 5.91. The number of ether oxygens (including phenoxy) is 3. The van der Waals surface area contributed by atoms with Crippen LogP contribution in [0.1, 0.15) is 21.9 Å². The highest BCUT2D eigenvalue weighted by Gasteiger charge is 2.13. The smallest absolute Gasteiger partial charge is 0.387 e. The molecule has 3 aromatic rings. The molecule has 0 saturated carbocycles. The third-order valence-electron chi connectivity index (χ3n) is 4.17. The van der Waals surface area contributed by atoms with E-state index in [1.54, 1.807) is 12.1 Å². The van der Waals surface area contributed by atoms with E-state index < -0.39 is 17.3 Å². The van der Waals surface area contributed by atoms with Crippen molar-refractivity contribution in [3.05, 3.63) is 87.9 Å². The maximum absolute atomic E-state index is 12.4. The van der Waals surface area contributed by atoms with Crippen LogP contribution in [-0.2, 0) is 6.61 Å². The Morgan fingerprint density at radius 3 is 2.53 bits per heavy atom. The largest absolute Gasteiger partial charge is 0.493 e. The van der Waals surface area contributed by atoms with Gasteiger partial charge in [-0.25, -0.2) is 0 Å². The van der Waals surface area contributed by atoms with Gasteiger partial charge in [-0.2, -0.15) is 8.78 Å². The Balaban J connectivity index is 1.60. The minimum Gasteiger partial charge on any atom is -0.493 e. The second kappa shape index (κ2) is 10.2. The summed E-state index contributed by atoms with van der Waals surface area (Å²) in [6, 6.07) is 12.8. The molecule has 32 heavy (non-hydrogen) atoms. The first kappa shape index (κ1) is 22.5. The number of benzene rings is 2. The Kier molecular flexibility index (Phi) is 7.17. The maximum Gasteiger partial charge on any atom is 0.387 e. The first-order chi connectivity index (χ1) is 15.4. The first-order valence-corrected chi connectivity index (χ1v) is 9.17. The molecule has 2 aromatic carbocycles. The number of carbonyl (C=O) groups is 1. The van der Waals surface area contributed by atoms with Crippen molar-refractivity contribution in [2.24, 2.45) is 0 Å². The molecule has 0 radical (unpaired) electrons. The molecule has 0 N–H and O–H groups in total.